The van der Waals surface area contributed by atoms with Crippen LogP contribution in [0.1, 0.15) is 5.56 Å². The molecule has 8 heteroatoms. The Morgan fingerprint density at radius 2 is 1.72 bits per heavy atom. The third-order valence-corrected chi connectivity index (χ3v) is 2.58. The third-order valence-electron chi connectivity index (χ3n) is 2.04. The third kappa shape index (κ3) is 4.87. The molecule has 4 N–H and O–H groups in total. The van der Waals surface area contributed by atoms with Crippen LogP contribution in [0.15, 0.2) is 12.1 Å². The van der Waals surface area contributed by atoms with Gasteiger partial charge in [0.25, 0.3) is 0 Å². The summed E-state index contributed by atoms with van der Waals surface area (Å²) in [5.41, 5.74) is 10.8. The molecule has 0 bridgehead atoms. The van der Waals surface area contributed by atoms with Gasteiger partial charge in [0.05, 0.1) is 13.1 Å². The molecule has 1 heterocycles. The molecule has 6 nitrogen and oxygen atoms in total. The lowest BCUT2D eigenvalue weighted by Crippen LogP contribution is -2.39. The van der Waals surface area contributed by atoms with Crippen molar-refractivity contribution in [2.45, 2.75) is 6.54 Å². The number of hydrogen-bond acceptors (Lipinski definition) is 4. The molecule has 0 aliphatic carbocycles. The molecule has 0 aliphatic heterocycles. The molecule has 1 aromatic rings. The van der Waals surface area contributed by atoms with Crippen molar-refractivity contribution in [2.75, 3.05) is 13.1 Å². The number of aromatic nitrogens is 1. The highest BCUT2D eigenvalue weighted by atomic mass is 35.5. The first-order valence-corrected chi connectivity index (χ1v) is 5.74. The summed E-state index contributed by atoms with van der Waals surface area (Å²) in [6.07, 6.45) is 0. The number of amides is 2. The molecular weight excluding hydrogens is 279 g/mol. The minimum absolute atomic E-state index is 0.0953. The van der Waals surface area contributed by atoms with E-state index in [1.54, 1.807) is 12.1 Å². The number of hydrogen-bond donors (Lipinski definition) is 2. The quantitative estimate of drug-likeness (QED) is 0.729. The van der Waals surface area contributed by atoms with E-state index in [1.807, 2.05) is 0 Å². The van der Waals surface area contributed by atoms with E-state index in [4.69, 9.17) is 34.7 Å². The number of primary amides is 2. The molecule has 0 saturated heterocycles. The van der Waals surface area contributed by atoms with Crippen molar-refractivity contribution < 1.29 is 9.59 Å². The Hall–Kier alpha value is -1.37. The molecule has 0 atom stereocenters. The van der Waals surface area contributed by atoms with Crippen LogP contribution in [0, 0.1) is 0 Å². The van der Waals surface area contributed by atoms with Crippen molar-refractivity contribution in [1.82, 2.24) is 9.88 Å². The van der Waals surface area contributed by atoms with Gasteiger partial charge in [-0.3, -0.25) is 14.5 Å². The molecule has 0 unspecified atom stereocenters. The average molecular weight is 291 g/mol. The summed E-state index contributed by atoms with van der Waals surface area (Å²) in [6, 6.07) is 3.22. The molecule has 0 spiro atoms. The highest BCUT2D eigenvalue weighted by molar-refractivity contribution is 6.32. The molecule has 98 valence electrons. The van der Waals surface area contributed by atoms with Gasteiger partial charge in [-0.15, -0.1) is 0 Å². The number of nitrogens with zero attached hydrogens (tertiary/aromatic N) is 2. The van der Waals surface area contributed by atoms with Gasteiger partial charge in [0.2, 0.25) is 11.8 Å². The zero-order valence-corrected chi connectivity index (χ0v) is 10.9. The van der Waals surface area contributed by atoms with Gasteiger partial charge in [-0.2, -0.15) is 0 Å². The number of carbonyl (C=O) groups excluding carboxylic acids is 2. The van der Waals surface area contributed by atoms with E-state index >= 15 is 0 Å². The molecule has 0 saturated carbocycles. The van der Waals surface area contributed by atoms with Crippen molar-refractivity contribution in [1.29, 1.82) is 0 Å². The standard InChI is InChI=1S/C10H12Cl2N4O2/c11-7-2-1-6(10(12)15-7)3-16(4-8(13)17)5-9(14)18/h1-2H,3-5H2,(H2,13,17)(H2,14,18). The van der Waals surface area contributed by atoms with Gasteiger partial charge >= 0.3 is 0 Å². The Kier molecular flexibility index (Phi) is 5.33. The minimum atomic E-state index is -0.561. The number of rotatable bonds is 6. The van der Waals surface area contributed by atoms with Crippen LogP contribution in [0.25, 0.3) is 0 Å². The lowest BCUT2D eigenvalue weighted by molar-refractivity contribution is -0.122. The van der Waals surface area contributed by atoms with E-state index in [0.29, 0.717) is 5.56 Å². The summed E-state index contributed by atoms with van der Waals surface area (Å²) in [7, 11) is 0. The van der Waals surface area contributed by atoms with Gasteiger partial charge < -0.3 is 11.5 Å². The number of carbonyl (C=O) groups is 2. The molecule has 1 rings (SSSR count). The first kappa shape index (κ1) is 14.7. The summed E-state index contributed by atoms with van der Waals surface area (Å²) >= 11 is 11.6. The maximum atomic E-state index is 10.9. The maximum Gasteiger partial charge on any atom is 0.231 e. The molecule has 0 aromatic carbocycles. The first-order chi connectivity index (χ1) is 8.38. The highest BCUT2D eigenvalue weighted by Crippen LogP contribution is 2.18. The van der Waals surface area contributed by atoms with Gasteiger partial charge in [-0.1, -0.05) is 29.3 Å². The van der Waals surface area contributed by atoms with E-state index in [9.17, 15) is 9.59 Å². The maximum absolute atomic E-state index is 10.9. The molecular formula is C10H12Cl2N4O2. The fraction of sp³-hybridized carbons (Fsp3) is 0.300. The number of halogens is 2. The first-order valence-electron chi connectivity index (χ1n) is 4.98. The molecule has 0 fully saturated rings. The van der Waals surface area contributed by atoms with Crippen molar-refractivity contribution in [3.05, 3.63) is 28.0 Å². The van der Waals surface area contributed by atoms with E-state index in [0.717, 1.165) is 0 Å². The molecule has 0 aliphatic rings. The molecule has 2 amide bonds. The smallest absolute Gasteiger partial charge is 0.231 e. The molecule has 1 aromatic heterocycles. The topological polar surface area (TPSA) is 102 Å². The summed E-state index contributed by atoms with van der Waals surface area (Å²) in [5, 5.41) is 0.474. The Bertz CT molecular complexity index is 451. The Labute approximate surface area is 114 Å². The van der Waals surface area contributed by atoms with Crippen LogP contribution in [0.3, 0.4) is 0 Å². The van der Waals surface area contributed by atoms with Crippen molar-refractivity contribution in [3.8, 4) is 0 Å². The Morgan fingerprint density at radius 1 is 1.17 bits per heavy atom. The average Bonchev–Trinajstić information content (AvgIpc) is 2.20. The monoisotopic (exact) mass is 290 g/mol. The van der Waals surface area contributed by atoms with Gasteiger partial charge in [-0.05, 0) is 6.07 Å². The predicted molar refractivity (Wildman–Crippen MR) is 67.9 cm³/mol. The fourth-order valence-electron chi connectivity index (χ4n) is 1.41. The van der Waals surface area contributed by atoms with Crippen LogP contribution in [0.2, 0.25) is 10.3 Å². The van der Waals surface area contributed by atoms with Crippen molar-refractivity contribution in [2.24, 2.45) is 11.5 Å². The zero-order chi connectivity index (χ0) is 13.7. The second-order valence-electron chi connectivity index (χ2n) is 3.66. The zero-order valence-electron chi connectivity index (χ0n) is 9.40. The van der Waals surface area contributed by atoms with E-state index in [1.165, 1.54) is 4.90 Å². The van der Waals surface area contributed by atoms with Crippen LogP contribution in [-0.4, -0.2) is 34.8 Å². The second-order valence-corrected chi connectivity index (χ2v) is 4.41. The second kappa shape index (κ2) is 6.53. The predicted octanol–water partition coefficient (Wildman–Crippen LogP) is 0.161. The van der Waals surface area contributed by atoms with E-state index < -0.39 is 11.8 Å². The normalized spacial score (nSPS) is 10.6. The van der Waals surface area contributed by atoms with E-state index in [-0.39, 0.29) is 29.9 Å². The van der Waals surface area contributed by atoms with Crippen molar-refractivity contribution in [3.63, 3.8) is 0 Å². The molecule has 18 heavy (non-hydrogen) atoms. The van der Waals surface area contributed by atoms with Crippen LogP contribution in [-0.2, 0) is 16.1 Å². The van der Waals surface area contributed by atoms with Gasteiger partial charge in [0, 0.05) is 12.1 Å². The van der Waals surface area contributed by atoms with Crippen molar-refractivity contribution >= 4 is 35.0 Å². The lowest BCUT2D eigenvalue weighted by Gasteiger charge is -2.19. The lowest BCUT2D eigenvalue weighted by atomic mass is 10.2. The SMILES string of the molecule is NC(=O)CN(CC(N)=O)Cc1ccc(Cl)nc1Cl. The number of nitrogens with two attached hydrogens (primary N) is 2. The Balaban J connectivity index is 2.81. The van der Waals surface area contributed by atoms with Gasteiger partial charge in [0.1, 0.15) is 10.3 Å². The van der Waals surface area contributed by atoms with Gasteiger partial charge in [0.15, 0.2) is 0 Å². The Morgan fingerprint density at radius 3 is 2.17 bits per heavy atom. The summed E-state index contributed by atoms with van der Waals surface area (Å²) in [6.45, 7) is 0.0404. The van der Waals surface area contributed by atoms with Crippen LogP contribution in [0.5, 0.6) is 0 Å². The van der Waals surface area contributed by atoms with E-state index in [2.05, 4.69) is 4.98 Å². The highest BCUT2D eigenvalue weighted by Gasteiger charge is 2.14. The van der Waals surface area contributed by atoms with Crippen LogP contribution < -0.4 is 11.5 Å². The van der Waals surface area contributed by atoms with Crippen LogP contribution in [0.4, 0.5) is 0 Å². The molecule has 0 radical (unpaired) electrons. The largest absolute Gasteiger partial charge is 0.369 e. The summed E-state index contributed by atoms with van der Waals surface area (Å²) in [5.74, 6) is -1.12. The summed E-state index contributed by atoms with van der Waals surface area (Å²) in [4.78, 5) is 27.1. The van der Waals surface area contributed by atoms with Crippen LogP contribution >= 0.6 is 23.2 Å². The minimum Gasteiger partial charge on any atom is -0.369 e. The number of pyridine rings is 1. The fourth-order valence-corrected chi connectivity index (χ4v) is 1.81. The summed E-state index contributed by atoms with van der Waals surface area (Å²) < 4.78 is 0. The van der Waals surface area contributed by atoms with Gasteiger partial charge in [-0.25, -0.2) is 4.98 Å².